The van der Waals surface area contributed by atoms with Crippen molar-refractivity contribution in [3.8, 4) is 28.7 Å². The minimum Gasteiger partial charge on any atom is -0.477 e. The molecule has 0 amide bonds. The molecule has 0 bridgehead atoms. The quantitative estimate of drug-likeness (QED) is 0.561. The molecule has 4 aromatic rings. The van der Waals surface area contributed by atoms with E-state index in [4.69, 9.17) is 9.26 Å². The summed E-state index contributed by atoms with van der Waals surface area (Å²) in [5.41, 5.74) is 3.56. The predicted octanol–water partition coefficient (Wildman–Crippen LogP) is 4.05. The molecule has 0 saturated carbocycles. The zero-order valence-corrected chi connectivity index (χ0v) is 13.9. The highest BCUT2D eigenvalue weighted by molar-refractivity contribution is 5.85. The molecule has 0 spiro atoms. The molecule has 25 heavy (non-hydrogen) atoms. The van der Waals surface area contributed by atoms with Crippen LogP contribution in [0.25, 0.3) is 33.7 Å². The van der Waals surface area contributed by atoms with Crippen molar-refractivity contribution in [1.82, 2.24) is 20.1 Å². The lowest BCUT2D eigenvalue weighted by atomic mass is 10.1. The van der Waals surface area contributed by atoms with Gasteiger partial charge in [-0.2, -0.15) is 4.98 Å². The molecule has 0 fully saturated rings. The Hall–Kier alpha value is -3.28. The van der Waals surface area contributed by atoms with Crippen LogP contribution in [0.3, 0.4) is 0 Å². The van der Waals surface area contributed by atoms with Gasteiger partial charge < -0.3 is 9.26 Å². The number of aryl methyl sites for hydroxylation is 1. The first-order chi connectivity index (χ1) is 12.2. The summed E-state index contributed by atoms with van der Waals surface area (Å²) in [4.78, 5) is 13.1. The largest absolute Gasteiger partial charge is 0.477 e. The van der Waals surface area contributed by atoms with Crippen molar-refractivity contribution in [1.29, 1.82) is 0 Å². The molecule has 6 heteroatoms. The van der Waals surface area contributed by atoms with E-state index in [2.05, 4.69) is 26.2 Å². The average Bonchev–Trinajstić information content (AvgIpc) is 3.12. The summed E-state index contributed by atoms with van der Waals surface area (Å²) < 4.78 is 11.1. The maximum Gasteiger partial charge on any atom is 0.258 e. The van der Waals surface area contributed by atoms with E-state index < -0.39 is 0 Å². The van der Waals surface area contributed by atoms with Gasteiger partial charge in [-0.05, 0) is 44.2 Å². The second-order valence-corrected chi connectivity index (χ2v) is 5.63. The van der Waals surface area contributed by atoms with Crippen molar-refractivity contribution in [2.24, 2.45) is 0 Å². The fourth-order valence-electron chi connectivity index (χ4n) is 2.63. The van der Waals surface area contributed by atoms with Crippen LogP contribution < -0.4 is 4.74 Å². The molecule has 0 atom stereocenters. The van der Waals surface area contributed by atoms with Crippen molar-refractivity contribution in [2.75, 3.05) is 6.61 Å². The molecule has 0 aliphatic heterocycles. The Morgan fingerprint density at radius 2 is 1.88 bits per heavy atom. The van der Waals surface area contributed by atoms with Gasteiger partial charge in [0.2, 0.25) is 11.7 Å². The first kappa shape index (κ1) is 15.3. The summed E-state index contributed by atoms with van der Waals surface area (Å²) in [7, 11) is 0. The number of pyridine rings is 2. The predicted molar refractivity (Wildman–Crippen MR) is 94.2 cm³/mol. The number of aromatic nitrogens is 4. The van der Waals surface area contributed by atoms with Gasteiger partial charge in [0.1, 0.15) is 0 Å². The van der Waals surface area contributed by atoms with Crippen LogP contribution in [0.15, 0.2) is 53.3 Å². The number of fused-ring (bicyclic) bond motifs is 1. The fraction of sp³-hybridized carbons (Fsp3) is 0.158. The molecule has 0 unspecified atom stereocenters. The molecular formula is C19H16N4O2. The third-order valence-corrected chi connectivity index (χ3v) is 3.81. The molecular weight excluding hydrogens is 316 g/mol. The lowest BCUT2D eigenvalue weighted by Gasteiger charge is -2.08. The molecule has 0 aliphatic rings. The van der Waals surface area contributed by atoms with Gasteiger partial charge in [0.25, 0.3) is 5.89 Å². The second kappa shape index (κ2) is 6.32. The van der Waals surface area contributed by atoms with Crippen LogP contribution in [-0.4, -0.2) is 26.7 Å². The van der Waals surface area contributed by atoms with Crippen LogP contribution in [0.2, 0.25) is 0 Å². The summed E-state index contributed by atoms with van der Waals surface area (Å²) in [6, 6.07) is 11.7. The molecule has 3 aromatic heterocycles. The Kier molecular flexibility index (Phi) is 3.85. The van der Waals surface area contributed by atoms with Gasteiger partial charge in [0.15, 0.2) is 0 Å². The molecule has 0 aliphatic carbocycles. The highest BCUT2D eigenvalue weighted by Gasteiger charge is 2.17. The summed E-state index contributed by atoms with van der Waals surface area (Å²) >= 11 is 0. The van der Waals surface area contributed by atoms with Gasteiger partial charge in [0, 0.05) is 23.3 Å². The second-order valence-electron chi connectivity index (χ2n) is 5.63. The van der Waals surface area contributed by atoms with E-state index in [1.807, 2.05) is 44.2 Å². The number of rotatable bonds is 4. The Bertz CT molecular complexity index is 1030. The Morgan fingerprint density at radius 1 is 1.04 bits per heavy atom. The zero-order chi connectivity index (χ0) is 17.2. The van der Waals surface area contributed by atoms with Crippen LogP contribution in [-0.2, 0) is 0 Å². The van der Waals surface area contributed by atoms with E-state index in [1.54, 1.807) is 12.4 Å². The summed E-state index contributed by atoms with van der Waals surface area (Å²) in [5.74, 6) is 1.39. The van der Waals surface area contributed by atoms with Crippen LogP contribution in [0, 0.1) is 6.92 Å². The first-order valence-corrected chi connectivity index (χ1v) is 8.03. The normalized spacial score (nSPS) is 11.0. The van der Waals surface area contributed by atoms with Crippen molar-refractivity contribution >= 4 is 10.9 Å². The maximum atomic E-state index is 5.70. The molecule has 0 radical (unpaired) electrons. The van der Waals surface area contributed by atoms with Crippen LogP contribution in [0.1, 0.15) is 12.5 Å². The van der Waals surface area contributed by atoms with E-state index in [9.17, 15) is 0 Å². The lowest BCUT2D eigenvalue weighted by Crippen LogP contribution is -1.98. The van der Waals surface area contributed by atoms with E-state index in [-0.39, 0.29) is 0 Å². The van der Waals surface area contributed by atoms with Gasteiger partial charge in [0.05, 0.1) is 17.7 Å². The van der Waals surface area contributed by atoms with E-state index in [0.29, 0.717) is 29.8 Å². The number of ether oxygens (including phenoxy) is 1. The standard InChI is InChI=1S/C19H16N4O2/c1-3-24-19-15(11-14-10-12(2)4-5-16(14)21-19)17-22-18(25-23-17)13-6-8-20-9-7-13/h4-11H,3H2,1-2H3. The molecule has 0 N–H and O–H groups in total. The van der Waals surface area contributed by atoms with Crippen molar-refractivity contribution < 1.29 is 9.26 Å². The van der Waals surface area contributed by atoms with E-state index in [1.165, 1.54) is 0 Å². The fourth-order valence-corrected chi connectivity index (χ4v) is 2.63. The number of hydrogen-bond acceptors (Lipinski definition) is 6. The molecule has 1 aromatic carbocycles. The van der Waals surface area contributed by atoms with Gasteiger partial charge >= 0.3 is 0 Å². The minimum absolute atomic E-state index is 0.434. The third kappa shape index (κ3) is 2.94. The SMILES string of the molecule is CCOc1nc2ccc(C)cc2cc1-c1noc(-c2ccncc2)n1. The highest BCUT2D eigenvalue weighted by atomic mass is 16.5. The van der Waals surface area contributed by atoms with Gasteiger partial charge in [-0.3, -0.25) is 4.98 Å². The summed E-state index contributed by atoms with van der Waals surface area (Å²) in [6.07, 6.45) is 3.37. The van der Waals surface area contributed by atoms with E-state index in [0.717, 1.165) is 22.0 Å². The lowest BCUT2D eigenvalue weighted by molar-refractivity contribution is 0.329. The third-order valence-electron chi connectivity index (χ3n) is 3.81. The van der Waals surface area contributed by atoms with Gasteiger partial charge in [-0.25, -0.2) is 4.98 Å². The highest BCUT2D eigenvalue weighted by Crippen LogP contribution is 2.31. The Balaban J connectivity index is 1.84. The molecule has 124 valence electrons. The van der Waals surface area contributed by atoms with Crippen LogP contribution >= 0.6 is 0 Å². The van der Waals surface area contributed by atoms with Crippen molar-refractivity contribution in [3.05, 3.63) is 54.4 Å². The van der Waals surface area contributed by atoms with Crippen molar-refractivity contribution in [3.63, 3.8) is 0 Å². The number of benzene rings is 1. The van der Waals surface area contributed by atoms with E-state index >= 15 is 0 Å². The molecule has 0 saturated heterocycles. The maximum absolute atomic E-state index is 5.70. The van der Waals surface area contributed by atoms with Crippen molar-refractivity contribution in [2.45, 2.75) is 13.8 Å². The number of nitrogens with zero attached hydrogens (tertiary/aromatic N) is 4. The average molecular weight is 332 g/mol. The Morgan fingerprint density at radius 3 is 2.68 bits per heavy atom. The minimum atomic E-state index is 0.434. The Labute approximate surface area is 144 Å². The van der Waals surface area contributed by atoms with Crippen LogP contribution in [0.4, 0.5) is 0 Å². The number of hydrogen-bond donors (Lipinski definition) is 0. The summed E-state index contributed by atoms with van der Waals surface area (Å²) in [5, 5.41) is 5.12. The van der Waals surface area contributed by atoms with Gasteiger partial charge in [-0.1, -0.05) is 16.8 Å². The smallest absolute Gasteiger partial charge is 0.258 e. The molecule has 4 rings (SSSR count). The topological polar surface area (TPSA) is 73.9 Å². The molecule has 3 heterocycles. The monoisotopic (exact) mass is 332 g/mol. The first-order valence-electron chi connectivity index (χ1n) is 8.03. The summed E-state index contributed by atoms with van der Waals surface area (Å²) in [6.45, 7) is 4.47. The van der Waals surface area contributed by atoms with Crippen LogP contribution in [0.5, 0.6) is 5.88 Å². The molecule has 6 nitrogen and oxygen atoms in total. The zero-order valence-electron chi connectivity index (χ0n) is 13.9. The van der Waals surface area contributed by atoms with Gasteiger partial charge in [-0.15, -0.1) is 0 Å².